The fourth-order valence-electron chi connectivity index (χ4n) is 2.48. The monoisotopic (exact) mass is 268 g/mol. The van der Waals surface area contributed by atoms with Crippen molar-refractivity contribution >= 4 is 5.69 Å². The lowest BCUT2D eigenvalue weighted by Crippen LogP contribution is -2.44. The Morgan fingerprint density at radius 1 is 1.42 bits per heavy atom. The maximum Gasteiger partial charge on any atom is 0.305 e. The molecule has 2 atom stereocenters. The summed E-state index contributed by atoms with van der Waals surface area (Å²) in [5.41, 5.74) is -0.109. The zero-order valence-electron chi connectivity index (χ0n) is 11.0. The number of nitro benzene ring substituents is 1. The van der Waals surface area contributed by atoms with Crippen molar-refractivity contribution in [3.63, 3.8) is 0 Å². The molecule has 1 aromatic rings. The number of morpholine rings is 1. The van der Waals surface area contributed by atoms with Gasteiger partial charge in [0.05, 0.1) is 17.1 Å². The van der Waals surface area contributed by atoms with Gasteiger partial charge in [-0.05, 0) is 13.8 Å². The van der Waals surface area contributed by atoms with Gasteiger partial charge < -0.3 is 4.74 Å². The molecule has 0 bridgehead atoms. The molecule has 1 aliphatic rings. The van der Waals surface area contributed by atoms with Crippen LogP contribution >= 0.6 is 0 Å². The van der Waals surface area contributed by atoms with Gasteiger partial charge in [0.1, 0.15) is 0 Å². The third-order valence-corrected chi connectivity index (χ3v) is 3.14. The molecular weight excluding hydrogens is 251 g/mol. The summed E-state index contributed by atoms with van der Waals surface area (Å²) in [5, 5.41) is 10.7. The van der Waals surface area contributed by atoms with E-state index in [-0.39, 0.29) is 12.2 Å². The van der Waals surface area contributed by atoms with Crippen molar-refractivity contribution in [3.05, 3.63) is 39.7 Å². The van der Waals surface area contributed by atoms with Gasteiger partial charge in [-0.15, -0.1) is 0 Å². The second-order valence-electron chi connectivity index (χ2n) is 4.96. The Hall–Kier alpha value is -1.53. The molecule has 0 saturated carbocycles. The first kappa shape index (κ1) is 13.9. The zero-order chi connectivity index (χ0) is 14.0. The van der Waals surface area contributed by atoms with Crippen LogP contribution in [0, 0.1) is 15.9 Å². The first-order valence-corrected chi connectivity index (χ1v) is 6.27. The van der Waals surface area contributed by atoms with Gasteiger partial charge in [0, 0.05) is 31.3 Å². The molecule has 5 nitrogen and oxygen atoms in total. The highest BCUT2D eigenvalue weighted by molar-refractivity contribution is 5.36. The van der Waals surface area contributed by atoms with Gasteiger partial charge >= 0.3 is 5.69 Å². The van der Waals surface area contributed by atoms with Crippen molar-refractivity contribution in [1.82, 2.24) is 4.90 Å². The molecule has 0 aliphatic carbocycles. The van der Waals surface area contributed by atoms with E-state index in [0.717, 1.165) is 0 Å². The number of nitro groups is 1. The summed E-state index contributed by atoms with van der Waals surface area (Å²) in [4.78, 5) is 12.1. The minimum atomic E-state index is -0.737. The van der Waals surface area contributed by atoms with E-state index in [4.69, 9.17) is 4.74 Å². The van der Waals surface area contributed by atoms with Crippen LogP contribution in [0.5, 0.6) is 0 Å². The molecule has 0 radical (unpaired) electrons. The molecular formula is C13H17FN2O3. The summed E-state index contributed by atoms with van der Waals surface area (Å²) in [6, 6.07) is 4.29. The topological polar surface area (TPSA) is 55.6 Å². The van der Waals surface area contributed by atoms with Crippen molar-refractivity contribution in [3.8, 4) is 0 Å². The largest absolute Gasteiger partial charge is 0.373 e. The summed E-state index contributed by atoms with van der Waals surface area (Å²) in [5.74, 6) is -0.737. The molecule has 1 heterocycles. The maximum atomic E-state index is 14.0. The Balaban J connectivity index is 2.15. The fourth-order valence-corrected chi connectivity index (χ4v) is 2.48. The number of ether oxygens (including phenoxy) is 1. The van der Waals surface area contributed by atoms with E-state index in [0.29, 0.717) is 25.2 Å². The van der Waals surface area contributed by atoms with E-state index in [2.05, 4.69) is 4.90 Å². The maximum absolute atomic E-state index is 14.0. The molecule has 2 rings (SSSR count). The Morgan fingerprint density at radius 3 is 2.63 bits per heavy atom. The van der Waals surface area contributed by atoms with Gasteiger partial charge in [-0.3, -0.25) is 15.0 Å². The Kier molecular flexibility index (Phi) is 4.11. The van der Waals surface area contributed by atoms with Crippen LogP contribution in [-0.4, -0.2) is 35.1 Å². The minimum Gasteiger partial charge on any atom is -0.373 e. The molecule has 104 valence electrons. The Labute approximate surface area is 111 Å². The molecule has 1 aliphatic heterocycles. The SMILES string of the molecule is C[C@@H]1CN(Cc2cccc([N+](=O)[O-])c2F)C[C@H](C)O1. The van der Waals surface area contributed by atoms with Crippen LogP contribution in [-0.2, 0) is 11.3 Å². The van der Waals surface area contributed by atoms with Gasteiger partial charge in [0.2, 0.25) is 5.82 Å². The number of hydrogen-bond acceptors (Lipinski definition) is 4. The number of nitrogens with zero attached hydrogens (tertiary/aromatic N) is 2. The van der Waals surface area contributed by atoms with Gasteiger partial charge in [-0.2, -0.15) is 4.39 Å². The molecule has 0 unspecified atom stereocenters. The van der Waals surface area contributed by atoms with Crippen molar-refractivity contribution < 1.29 is 14.1 Å². The average Bonchev–Trinajstić information content (AvgIpc) is 2.30. The standard InChI is InChI=1S/C13H17FN2O3/c1-9-6-15(7-10(2)19-9)8-11-4-3-5-12(13(11)14)16(17)18/h3-5,9-10H,6-8H2,1-2H3/t9-,10+. The average molecular weight is 268 g/mol. The molecule has 6 heteroatoms. The van der Waals surface area contributed by atoms with Crippen molar-refractivity contribution in [2.75, 3.05) is 13.1 Å². The van der Waals surface area contributed by atoms with Crippen LogP contribution < -0.4 is 0 Å². The first-order valence-electron chi connectivity index (χ1n) is 6.27. The number of halogens is 1. The van der Waals surface area contributed by atoms with Crippen molar-refractivity contribution in [1.29, 1.82) is 0 Å². The summed E-state index contributed by atoms with van der Waals surface area (Å²) >= 11 is 0. The van der Waals surface area contributed by atoms with Gasteiger partial charge in [-0.1, -0.05) is 12.1 Å². The summed E-state index contributed by atoms with van der Waals surface area (Å²) in [6.07, 6.45) is 0.177. The molecule has 1 aromatic carbocycles. The van der Waals surface area contributed by atoms with Crippen molar-refractivity contribution in [2.24, 2.45) is 0 Å². The third kappa shape index (κ3) is 3.27. The highest BCUT2D eigenvalue weighted by atomic mass is 19.1. The van der Waals surface area contributed by atoms with Crippen LogP contribution in [0.15, 0.2) is 18.2 Å². The molecule has 1 saturated heterocycles. The second kappa shape index (κ2) is 5.63. The smallest absolute Gasteiger partial charge is 0.305 e. The van der Waals surface area contributed by atoms with Crippen LogP contribution in [0.25, 0.3) is 0 Å². The quantitative estimate of drug-likeness (QED) is 0.623. The van der Waals surface area contributed by atoms with Gasteiger partial charge in [0.25, 0.3) is 0 Å². The van der Waals surface area contributed by atoms with Crippen LogP contribution in [0.2, 0.25) is 0 Å². The molecule has 0 aromatic heterocycles. The normalized spacial score (nSPS) is 24.4. The minimum absolute atomic E-state index is 0.0884. The van der Waals surface area contributed by atoms with Gasteiger partial charge in [-0.25, -0.2) is 0 Å². The molecule has 0 N–H and O–H groups in total. The third-order valence-electron chi connectivity index (χ3n) is 3.14. The van der Waals surface area contributed by atoms with Crippen LogP contribution in [0.1, 0.15) is 19.4 Å². The van der Waals surface area contributed by atoms with Crippen LogP contribution in [0.3, 0.4) is 0 Å². The number of rotatable bonds is 3. The number of benzene rings is 1. The Bertz CT molecular complexity index is 471. The fraction of sp³-hybridized carbons (Fsp3) is 0.538. The molecule has 1 fully saturated rings. The highest BCUT2D eigenvalue weighted by Gasteiger charge is 2.24. The Morgan fingerprint density at radius 2 is 2.05 bits per heavy atom. The van der Waals surface area contributed by atoms with Crippen LogP contribution in [0.4, 0.5) is 10.1 Å². The summed E-state index contributed by atoms with van der Waals surface area (Å²) < 4.78 is 19.6. The van der Waals surface area contributed by atoms with E-state index in [9.17, 15) is 14.5 Å². The molecule has 0 spiro atoms. The summed E-state index contributed by atoms with van der Waals surface area (Å²) in [6.45, 7) is 5.70. The zero-order valence-corrected chi connectivity index (χ0v) is 11.0. The van der Waals surface area contributed by atoms with Crippen molar-refractivity contribution in [2.45, 2.75) is 32.6 Å². The predicted octanol–water partition coefficient (Wildman–Crippen LogP) is 2.34. The first-order chi connectivity index (χ1) is 8.97. The lowest BCUT2D eigenvalue weighted by molar-refractivity contribution is -0.387. The van der Waals surface area contributed by atoms with Gasteiger partial charge in [0.15, 0.2) is 0 Å². The molecule has 19 heavy (non-hydrogen) atoms. The second-order valence-corrected chi connectivity index (χ2v) is 4.96. The van der Waals surface area contributed by atoms with E-state index in [1.807, 2.05) is 13.8 Å². The van der Waals surface area contributed by atoms with E-state index in [1.165, 1.54) is 12.1 Å². The predicted molar refractivity (Wildman–Crippen MR) is 68.3 cm³/mol. The van der Waals surface area contributed by atoms with E-state index < -0.39 is 16.4 Å². The highest BCUT2D eigenvalue weighted by Crippen LogP contribution is 2.22. The lowest BCUT2D eigenvalue weighted by Gasteiger charge is -2.35. The van der Waals surface area contributed by atoms with E-state index in [1.54, 1.807) is 6.07 Å². The molecule has 0 amide bonds. The lowest BCUT2D eigenvalue weighted by atomic mass is 10.1. The number of hydrogen-bond donors (Lipinski definition) is 0. The van der Waals surface area contributed by atoms with E-state index >= 15 is 0 Å². The summed E-state index contributed by atoms with van der Waals surface area (Å²) in [7, 11) is 0.